The quantitative estimate of drug-likeness (QED) is 0.483. The standard InChI is InChI=1S/C25H30F3N7O3S/c26-25(27,28)18-2-1-3-20(12-18)35-23-21(13-29-35)22(34-15-17(16-34)14-33-6-8-38-9-7-33)31-24(32-23)30-19-4-10-39(36,37)11-5-19/h1-3,12-13,17,19H,4-11,14-16H2,(H,30,31,32). The second kappa shape index (κ2) is 10.2. The van der Waals surface area contributed by atoms with E-state index in [4.69, 9.17) is 9.72 Å². The van der Waals surface area contributed by atoms with Crippen molar-refractivity contribution in [3.63, 3.8) is 0 Å². The Morgan fingerprint density at radius 1 is 1.08 bits per heavy atom. The molecule has 5 heterocycles. The van der Waals surface area contributed by atoms with Crippen molar-refractivity contribution < 1.29 is 26.3 Å². The number of hydrogen-bond donors (Lipinski definition) is 1. The Labute approximate surface area is 224 Å². The maximum atomic E-state index is 13.4. The molecule has 3 fully saturated rings. The molecule has 14 heteroatoms. The minimum absolute atomic E-state index is 0.0945. The first kappa shape index (κ1) is 26.3. The maximum absolute atomic E-state index is 13.4. The Balaban J connectivity index is 1.31. The molecule has 0 saturated carbocycles. The van der Waals surface area contributed by atoms with Gasteiger partial charge < -0.3 is 15.0 Å². The van der Waals surface area contributed by atoms with Gasteiger partial charge in [-0.3, -0.25) is 4.90 Å². The zero-order chi connectivity index (χ0) is 27.2. The monoisotopic (exact) mass is 565 g/mol. The third-order valence-electron chi connectivity index (χ3n) is 7.59. The molecule has 0 amide bonds. The van der Waals surface area contributed by atoms with Crippen LogP contribution in [0.4, 0.5) is 24.9 Å². The van der Waals surface area contributed by atoms with Crippen LogP contribution in [0.2, 0.25) is 0 Å². The average molecular weight is 566 g/mol. The molecular formula is C25H30F3N7O3S. The third-order valence-corrected chi connectivity index (χ3v) is 9.31. The van der Waals surface area contributed by atoms with E-state index in [0.29, 0.717) is 41.6 Å². The van der Waals surface area contributed by atoms with Crippen molar-refractivity contribution >= 4 is 32.6 Å². The van der Waals surface area contributed by atoms with Crippen molar-refractivity contribution in [1.82, 2.24) is 24.6 Å². The van der Waals surface area contributed by atoms with E-state index in [0.717, 1.165) is 58.1 Å². The largest absolute Gasteiger partial charge is 0.416 e. The smallest absolute Gasteiger partial charge is 0.379 e. The van der Waals surface area contributed by atoms with E-state index in [1.54, 1.807) is 12.3 Å². The number of hydrogen-bond acceptors (Lipinski definition) is 9. The number of rotatable bonds is 6. The highest BCUT2D eigenvalue weighted by atomic mass is 32.2. The predicted octanol–water partition coefficient (Wildman–Crippen LogP) is 2.59. The number of aromatic nitrogens is 4. The Hall–Kier alpha value is -2.97. The highest BCUT2D eigenvalue weighted by Gasteiger charge is 2.34. The van der Waals surface area contributed by atoms with E-state index in [-0.39, 0.29) is 23.2 Å². The number of benzene rings is 1. The fraction of sp³-hybridized carbons (Fsp3) is 0.560. The van der Waals surface area contributed by atoms with Crippen LogP contribution in [-0.2, 0) is 20.8 Å². The van der Waals surface area contributed by atoms with Crippen LogP contribution in [-0.4, -0.2) is 96.6 Å². The van der Waals surface area contributed by atoms with Gasteiger partial charge in [0.05, 0.1) is 47.6 Å². The van der Waals surface area contributed by atoms with Crippen LogP contribution in [0, 0.1) is 5.92 Å². The van der Waals surface area contributed by atoms with Crippen molar-refractivity contribution in [2.24, 2.45) is 5.92 Å². The van der Waals surface area contributed by atoms with Gasteiger partial charge in [0, 0.05) is 44.7 Å². The van der Waals surface area contributed by atoms with Crippen LogP contribution in [0.25, 0.3) is 16.7 Å². The summed E-state index contributed by atoms with van der Waals surface area (Å²) in [6.07, 6.45) is -2.01. The molecular weight excluding hydrogens is 535 g/mol. The number of morpholine rings is 1. The van der Waals surface area contributed by atoms with Gasteiger partial charge in [-0.15, -0.1) is 0 Å². The van der Waals surface area contributed by atoms with Crippen molar-refractivity contribution in [2.75, 3.05) is 67.7 Å². The lowest BCUT2D eigenvalue weighted by Gasteiger charge is -2.43. The molecule has 0 bridgehead atoms. The van der Waals surface area contributed by atoms with Crippen LogP contribution in [0.1, 0.15) is 18.4 Å². The SMILES string of the molecule is O=S1(=O)CCC(Nc2nc(N3CC(CN4CCOCC4)C3)c3cnn(-c4cccc(C(F)(F)F)c4)c3n2)CC1. The van der Waals surface area contributed by atoms with Gasteiger partial charge in [-0.2, -0.15) is 28.2 Å². The van der Waals surface area contributed by atoms with Crippen molar-refractivity contribution in [2.45, 2.75) is 25.1 Å². The average Bonchev–Trinajstić information content (AvgIpc) is 3.31. The molecule has 0 aliphatic carbocycles. The lowest BCUT2D eigenvalue weighted by Crippen LogP contribution is -2.53. The van der Waals surface area contributed by atoms with Gasteiger partial charge in [-0.05, 0) is 31.0 Å². The molecule has 210 valence electrons. The summed E-state index contributed by atoms with van der Waals surface area (Å²) in [5.74, 6) is 1.63. The number of sulfone groups is 1. The van der Waals surface area contributed by atoms with E-state index < -0.39 is 21.6 Å². The van der Waals surface area contributed by atoms with Gasteiger partial charge in [0.1, 0.15) is 15.7 Å². The summed E-state index contributed by atoms with van der Waals surface area (Å²) in [4.78, 5) is 14.0. The summed E-state index contributed by atoms with van der Waals surface area (Å²) in [5.41, 5.74) is -0.136. The summed E-state index contributed by atoms with van der Waals surface area (Å²) >= 11 is 0. The van der Waals surface area contributed by atoms with Crippen LogP contribution < -0.4 is 10.2 Å². The molecule has 39 heavy (non-hydrogen) atoms. The molecule has 0 atom stereocenters. The molecule has 6 rings (SSSR count). The highest BCUT2D eigenvalue weighted by molar-refractivity contribution is 7.91. The lowest BCUT2D eigenvalue weighted by atomic mass is 9.99. The second-order valence-corrected chi connectivity index (χ2v) is 12.8. The van der Waals surface area contributed by atoms with Crippen LogP contribution >= 0.6 is 0 Å². The number of halogens is 3. The first-order valence-corrected chi connectivity index (χ1v) is 14.9. The molecule has 3 aliphatic rings. The van der Waals surface area contributed by atoms with Gasteiger partial charge in [-0.25, -0.2) is 13.1 Å². The molecule has 0 unspecified atom stereocenters. The van der Waals surface area contributed by atoms with Crippen molar-refractivity contribution in [3.05, 3.63) is 36.0 Å². The molecule has 0 radical (unpaired) electrons. The lowest BCUT2D eigenvalue weighted by molar-refractivity contribution is -0.137. The van der Waals surface area contributed by atoms with E-state index in [1.807, 2.05) is 0 Å². The van der Waals surface area contributed by atoms with E-state index in [2.05, 4.69) is 25.2 Å². The molecule has 0 spiro atoms. The Kier molecular flexibility index (Phi) is 6.88. The first-order valence-electron chi connectivity index (χ1n) is 13.1. The summed E-state index contributed by atoms with van der Waals surface area (Å²) in [7, 11) is -3.03. The molecule has 2 aromatic heterocycles. The second-order valence-electron chi connectivity index (χ2n) is 10.5. The number of fused-ring (bicyclic) bond motifs is 1. The van der Waals surface area contributed by atoms with E-state index >= 15 is 0 Å². The van der Waals surface area contributed by atoms with Crippen LogP contribution in [0.5, 0.6) is 0 Å². The number of nitrogens with one attached hydrogen (secondary N) is 1. The summed E-state index contributed by atoms with van der Waals surface area (Å²) in [5, 5.41) is 8.33. The van der Waals surface area contributed by atoms with Gasteiger partial charge >= 0.3 is 6.18 Å². The van der Waals surface area contributed by atoms with Crippen molar-refractivity contribution in [1.29, 1.82) is 0 Å². The summed E-state index contributed by atoms with van der Waals surface area (Å²) in [6, 6.07) is 4.86. The van der Waals surface area contributed by atoms with E-state index in [9.17, 15) is 21.6 Å². The highest BCUT2D eigenvalue weighted by Crippen LogP contribution is 2.34. The maximum Gasteiger partial charge on any atom is 0.416 e. The summed E-state index contributed by atoms with van der Waals surface area (Å²) < 4.78 is 70.8. The third kappa shape index (κ3) is 5.68. The Morgan fingerprint density at radius 2 is 1.82 bits per heavy atom. The van der Waals surface area contributed by atoms with Crippen molar-refractivity contribution in [3.8, 4) is 5.69 Å². The number of alkyl halides is 3. The molecule has 3 aromatic rings. The van der Waals surface area contributed by atoms with Gasteiger partial charge in [0.25, 0.3) is 0 Å². The fourth-order valence-corrected chi connectivity index (χ4v) is 6.92. The van der Waals surface area contributed by atoms with E-state index in [1.165, 1.54) is 10.7 Å². The minimum Gasteiger partial charge on any atom is -0.379 e. The number of anilines is 2. The van der Waals surface area contributed by atoms with Gasteiger partial charge in [0.15, 0.2) is 5.65 Å². The number of ether oxygens (including phenoxy) is 1. The Bertz CT molecular complexity index is 1440. The predicted molar refractivity (Wildman–Crippen MR) is 140 cm³/mol. The fourth-order valence-electron chi connectivity index (χ4n) is 5.43. The Morgan fingerprint density at radius 3 is 2.54 bits per heavy atom. The normalized spacial score (nSPS) is 21.3. The molecule has 3 aliphatic heterocycles. The molecule has 1 aromatic carbocycles. The zero-order valence-corrected chi connectivity index (χ0v) is 22.1. The van der Waals surface area contributed by atoms with Gasteiger partial charge in [-0.1, -0.05) is 6.07 Å². The zero-order valence-electron chi connectivity index (χ0n) is 21.3. The molecule has 1 N–H and O–H groups in total. The van der Waals surface area contributed by atoms with Crippen LogP contribution in [0.3, 0.4) is 0 Å². The minimum atomic E-state index is -4.49. The number of nitrogens with zero attached hydrogens (tertiary/aromatic N) is 6. The molecule has 10 nitrogen and oxygen atoms in total. The topological polar surface area (TPSA) is 105 Å². The first-order chi connectivity index (χ1) is 18.6. The summed E-state index contributed by atoms with van der Waals surface area (Å²) in [6.45, 7) is 5.88. The molecule has 3 saturated heterocycles. The van der Waals surface area contributed by atoms with Gasteiger partial charge in [0.2, 0.25) is 5.95 Å². The van der Waals surface area contributed by atoms with Crippen LogP contribution in [0.15, 0.2) is 30.5 Å².